The van der Waals surface area contributed by atoms with Crippen molar-refractivity contribution in [3.63, 3.8) is 0 Å². The van der Waals surface area contributed by atoms with E-state index in [1.165, 1.54) is 5.56 Å². The number of amides is 1. The summed E-state index contributed by atoms with van der Waals surface area (Å²) in [6.07, 6.45) is -0.354. The molecule has 0 fully saturated rings. The van der Waals surface area contributed by atoms with Crippen LogP contribution in [-0.2, 0) is 11.3 Å². The van der Waals surface area contributed by atoms with Crippen molar-refractivity contribution in [2.45, 2.75) is 20.4 Å². The van der Waals surface area contributed by atoms with Gasteiger partial charge in [0.15, 0.2) is 0 Å². The van der Waals surface area contributed by atoms with E-state index in [4.69, 9.17) is 4.74 Å². The molecule has 1 N–H and O–H groups in total. The van der Waals surface area contributed by atoms with Crippen LogP contribution in [0, 0.1) is 6.92 Å². The molecule has 1 amide bonds. The minimum atomic E-state index is -0.354. The van der Waals surface area contributed by atoms with Crippen molar-refractivity contribution in [3.05, 3.63) is 21.9 Å². The zero-order valence-corrected chi connectivity index (χ0v) is 8.61. The normalized spacial score (nSPS) is 9.69. The quantitative estimate of drug-likeness (QED) is 0.811. The molecule has 0 radical (unpaired) electrons. The summed E-state index contributed by atoms with van der Waals surface area (Å²) in [7, 11) is 0. The summed E-state index contributed by atoms with van der Waals surface area (Å²) in [6.45, 7) is 4.77. The van der Waals surface area contributed by atoms with Gasteiger partial charge in [-0.3, -0.25) is 0 Å². The van der Waals surface area contributed by atoms with Crippen LogP contribution >= 0.6 is 11.3 Å². The minimum absolute atomic E-state index is 0.354. The van der Waals surface area contributed by atoms with Crippen LogP contribution in [0.2, 0.25) is 0 Å². The predicted octanol–water partition coefficient (Wildman–Crippen LogP) is 2.30. The van der Waals surface area contributed by atoms with Crippen LogP contribution in [0.25, 0.3) is 0 Å². The third kappa shape index (κ3) is 3.06. The van der Waals surface area contributed by atoms with Gasteiger partial charge in [-0.25, -0.2) is 4.79 Å². The molecule has 72 valence electrons. The van der Waals surface area contributed by atoms with Gasteiger partial charge in [0.1, 0.15) is 0 Å². The molecule has 1 heterocycles. The van der Waals surface area contributed by atoms with E-state index >= 15 is 0 Å². The first-order valence-electron chi connectivity index (χ1n) is 4.16. The molecule has 0 saturated carbocycles. The van der Waals surface area contributed by atoms with Crippen LogP contribution in [0.5, 0.6) is 0 Å². The molecule has 0 bridgehead atoms. The lowest BCUT2D eigenvalue weighted by molar-refractivity contribution is 0.151. The van der Waals surface area contributed by atoms with Gasteiger partial charge in [-0.15, -0.1) is 0 Å². The highest BCUT2D eigenvalue weighted by Gasteiger charge is 2.02. The SMILES string of the molecule is CCOC(=O)NCc1cscc1C. The zero-order valence-electron chi connectivity index (χ0n) is 7.79. The number of carbonyl (C=O) groups excluding carboxylic acids is 1. The van der Waals surface area contributed by atoms with Crippen molar-refractivity contribution >= 4 is 17.4 Å². The van der Waals surface area contributed by atoms with Gasteiger partial charge in [-0.1, -0.05) is 0 Å². The van der Waals surface area contributed by atoms with Crippen molar-refractivity contribution in [3.8, 4) is 0 Å². The largest absolute Gasteiger partial charge is 0.450 e. The van der Waals surface area contributed by atoms with Gasteiger partial charge in [0, 0.05) is 6.54 Å². The Morgan fingerprint density at radius 2 is 2.38 bits per heavy atom. The number of thiophene rings is 1. The van der Waals surface area contributed by atoms with Crippen molar-refractivity contribution in [1.29, 1.82) is 0 Å². The summed E-state index contributed by atoms with van der Waals surface area (Å²) < 4.78 is 4.73. The van der Waals surface area contributed by atoms with Gasteiger partial charge >= 0.3 is 6.09 Å². The molecule has 0 unspecified atom stereocenters. The van der Waals surface area contributed by atoms with E-state index in [0.29, 0.717) is 13.2 Å². The van der Waals surface area contributed by atoms with Gasteiger partial charge in [-0.05, 0) is 35.7 Å². The third-order valence-electron chi connectivity index (χ3n) is 1.66. The van der Waals surface area contributed by atoms with Crippen LogP contribution in [0.3, 0.4) is 0 Å². The number of rotatable bonds is 3. The van der Waals surface area contributed by atoms with Crippen LogP contribution in [-0.4, -0.2) is 12.7 Å². The molecule has 4 heteroatoms. The molecular formula is C9H13NO2S. The first-order chi connectivity index (χ1) is 6.24. The number of alkyl carbamates (subject to hydrolysis) is 1. The van der Waals surface area contributed by atoms with Crippen molar-refractivity contribution in [2.75, 3.05) is 6.61 Å². The maximum Gasteiger partial charge on any atom is 0.407 e. The van der Waals surface area contributed by atoms with Gasteiger partial charge in [0.2, 0.25) is 0 Å². The van der Waals surface area contributed by atoms with Crippen LogP contribution < -0.4 is 5.32 Å². The highest BCUT2D eigenvalue weighted by atomic mass is 32.1. The predicted molar refractivity (Wildman–Crippen MR) is 52.9 cm³/mol. The average Bonchev–Trinajstić information content (AvgIpc) is 2.48. The molecule has 0 spiro atoms. The Morgan fingerprint density at radius 1 is 1.62 bits per heavy atom. The van der Waals surface area contributed by atoms with Gasteiger partial charge in [-0.2, -0.15) is 11.3 Å². The first kappa shape index (κ1) is 10.1. The maximum atomic E-state index is 10.9. The van der Waals surface area contributed by atoms with Crippen LogP contribution in [0.15, 0.2) is 10.8 Å². The Balaban J connectivity index is 2.35. The van der Waals surface area contributed by atoms with E-state index in [0.717, 1.165) is 5.56 Å². The van der Waals surface area contributed by atoms with E-state index in [1.807, 2.05) is 12.3 Å². The van der Waals surface area contributed by atoms with E-state index in [1.54, 1.807) is 18.3 Å². The second-order valence-electron chi connectivity index (χ2n) is 2.65. The molecule has 0 aliphatic heterocycles. The fourth-order valence-corrected chi connectivity index (χ4v) is 1.77. The zero-order chi connectivity index (χ0) is 9.68. The van der Waals surface area contributed by atoms with Gasteiger partial charge in [0.05, 0.1) is 6.61 Å². The third-order valence-corrected chi connectivity index (χ3v) is 2.57. The highest BCUT2D eigenvalue weighted by molar-refractivity contribution is 7.08. The molecular weight excluding hydrogens is 186 g/mol. The molecule has 0 aromatic carbocycles. The second-order valence-corrected chi connectivity index (χ2v) is 3.40. The molecule has 0 aliphatic carbocycles. The minimum Gasteiger partial charge on any atom is -0.450 e. The molecule has 1 rings (SSSR count). The lowest BCUT2D eigenvalue weighted by Gasteiger charge is -2.04. The van der Waals surface area contributed by atoms with E-state index in [2.05, 4.69) is 10.7 Å². The standard InChI is InChI=1S/C9H13NO2S/c1-3-12-9(11)10-4-8-6-13-5-7(8)2/h5-6H,3-4H2,1-2H3,(H,10,11). The summed E-state index contributed by atoms with van der Waals surface area (Å²) in [4.78, 5) is 10.9. The first-order valence-corrected chi connectivity index (χ1v) is 5.10. The molecule has 13 heavy (non-hydrogen) atoms. The summed E-state index contributed by atoms with van der Waals surface area (Å²) in [6, 6.07) is 0. The second kappa shape index (κ2) is 4.87. The Bertz CT molecular complexity index is 283. The van der Waals surface area contributed by atoms with Crippen molar-refractivity contribution in [2.24, 2.45) is 0 Å². The average molecular weight is 199 g/mol. The Morgan fingerprint density at radius 3 is 2.92 bits per heavy atom. The lowest BCUT2D eigenvalue weighted by atomic mass is 10.2. The summed E-state index contributed by atoms with van der Waals surface area (Å²) in [5, 5.41) is 6.76. The maximum absolute atomic E-state index is 10.9. The Hall–Kier alpha value is -1.03. The van der Waals surface area contributed by atoms with Crippen molar-refractivity contribution < 1.29 is 9.53 Å². The van der Waals surface area contributed by atoms with Crippen LogP contribution in [0.1, 0.15) is 18.1 Å². The number of carbonyl (C=O) groups is 1. The molecule has 3 nitrogen and oxygen atoms in total. The fourth-order valence-electron chi connectivity index (χ4n) is 0.917. The molecule has 0 atom stereocenters. The topological polar surface area (TPSA) is 38.3 Å². The van der Waals surface area contributed by atoms with Gasteiger partial charge in [0.25, 0.3) is 0 Å². The number of nitrogens with one attached hydrogen (secondary N) is 1. The molecule has 0 saturated heterocycles. The lowest BCUT2D eigenvalue weighted by Crippen LogP contribution is -2.23. The highest BCUT2D eigenvalue weighted by Crippen LogP contribution is 2.12. The number of hydrogen-bond donors (Lipinski definition) is 1. The van der Waals surface area contributed by atoms with Gasteiger partial charge < -0.3 is 10.1 Å². The van der Waals surface area contributed by atoms with E-state index in [-0.39, 0.29) is 6.09 Å². The molecule has 1 aromatic rings. The smallest absolute Gasteiger partial charge is 0.407 e. The number of ether oxygens (including phenoxy) is 1. The monoisotopic (exact) mass is 199 g/mol. The van der Waals surface area contributed by atoms with E-state index in [9.17, 15) is 4.79 Å². The Kier molecular flexibility index (Phi) is 3.76. The number of hydrogen-bond acceptors (Lipinski definition) is 3. The summed E-state index contributed by atoms with van der Waals surface area (Å²) in [5.74, 6) is 0. The molecule has 1 aromatic heterocycles. The van der Waals surface area contributed by atoms with E-state index < -0.39 is 0 Å². The number of aryl methyl sites for hydroxylation is 1. The molecule has 0 aliphatic rings. The van der Waals surface area contributed by atoms with Crippen LogP contribution in [0.4, 0.5) is 4.79 Å². The van der Waals surface area contributed by atoms with Crippen molar-refractivity contribution in [1.82, 2.24) is 5.32 Å². The summed E-state index contributed by atoms with van der Waals surface area (Å²) >= 11 is 1.64. The fraction of sp³-hybridized carbons (Fsp3) is 0.444. The Labute approximate surface area is 81.7 Å². The summed E-state index contributed by atoms with van der Waals surface area (Å²) in [5.41, 5.74) is 2.36.